The number of H-pyrrole nitrogens is 1. The number of nitrogens with zero attached hydrogens (tertiary/aromatic N) is 1. The average Bonchev–Trinajstić information content (AvgIpc) is 2.94. The van der Waals surface area contributed by atoms with Crippen molar-refractivity contribution in [3.8, 4) is 0 Å². The van der Waals surface area contributed by atoms with Crippen molar-refractivity contribution in [1.82, 2.24) is 9.97 Å². The maximum Gasteiger partial charge on any atom is 0.303 e. The third-order valence-corrected chi connectivity index (χ3v) is 5.47. The summed E-state index contributed by atoms with van der Waals surface area (Å²) in [6, 6.07) is 0. The number of thioether (sulfide) groups is 1. The lowest BCUT2D eigenvalue weighted by Gasteiger charge is -2.00. The first-order valence-electron chi connectivity index (χ1n) is 6.54. The fourth-order valence-electron chi connectivity index (χ4n) is 2.44. The van der Waals surface area contributed by atoms with Crippen molar-refractivity contribution in [3.63, 3.8) is 0 Å². The van der Waals surface area contributed by atoms with Gasteiger partial charge in [-0.2, -0.15) is 0 Å². The van der Waals surface area contributed by atoms with Gasteiger partial charge in [0.05, 0.1) is 5.39 Å². The first-order valence-corrected chi connectivity index (χ1v) is 8.34. The Hall–Kier alpha value is -1.34. The van der Waals surface area contributed by atoms with Gasteiger partial charge in [-0.3, -0.25) is 9.59 Å². The normalized spacial score (nSPS) is 13.8. The molecular formula is C13H14N2O3S2. The third kappa shape index (κ3) is 2.60. The number of nitrogens with one attached hydrogen (secondary N) is 1. The number of aromatic nitrogens is 2. The Bertz CT molecular complexity index is 720. The van der Waals surface area contributed by atoms with Crippen LogP contribution in [0.5, 0.6) is 0 Å². The number of aryl methyl sites for hydroxylation is 2. The molecule has 1 aliphatic rings. The highest BCUT2D eigenvalue weighted by Gasteiger charge is 2.21. The van der Waals surface area contributed by atoms with Crippen LogP contribution in [0, 0.1) is 0 Å². The van der Waals surface area contributed by atoms with Gasteiger partial charge in [-0.15, -0.1) is 11.3 Å². The van der Waals surface area contributed by atoms with Crippen molar-refractivity contribution < 1.29 is 9.90 Å². The first-order chi connectivity index (χ1) is 9.65. The Morgan fingerprint density at radius 3 is 3.10 bits per heavy atom. The number of aliphatic carboxylic acids is 1. The summed E-state index contributed by atoms with van der Waals surface area (Å²) in [5.74, 6) is -0.150. The smallest absolute Gasteiger partial charge is 0.303 e. The van der Waals surface area contributed by atoms with E-state index in [0.717, 1.165) is 29.5 Å². The minimum Gasteiger partial charge on any atom is -0.481 e. The van der Waals surface area contributed by atoms with Crippen LogP contribution in [-0.4, -0.2) is 26.8 Å². The number of thiophene rings is 1. The van der Waals surface area contributed by atoms with Gasteiger partial charge in [-0.25, -0.2) is 4.98 Å². The predicted octanol–water partition coefficient (Wildman–Crippen LogP) is 2.43. The van der Waals surface area contributed by atoms with Gasteiger partial charge in [0, 0.05) is 17.1 Å². The second-order valence-corrected chi connectivity index (χ2v) is 6.92. The molecule has 0 radical (unpaired) electrons. The van der Waals surface area contributed by atoms with Crippen molar-refractivity contribution >= 4 is 39.3 Å². The molecule has 0 unspecified atom stereocenters. The summed E-state index contributed by atoms with van der Waals surface area (Å²) in [5, 5.41) is 9.93. The fourth-order valence-corrected chi connectivity index (χ4v) is 4.57. The van der Waals surface area contributed by atoms with E-state index >= 15 is 0 Å². The van der Waals surface area contributed by atoms with Gasteiger partial charge in [0.1, 0.15) is 4.83 Å². The highest BCUT2D eigenvalue weighted by Crippen LogP contribution is 2.35. The molecule has 0 saturated carbocycles. The highest BCUT2D eigenvalue weighted by atomic mass is 32.2. The zero-order valence-corrected chi connectivity index (χ0v) is 12.4. The van der Waals surface area contributed by atoms with Crippen LogP contribution < -0.4 is 5.56 Å². The van der Waals surface area contributed by atoms with Gasteiger partial charge in [-0.05, 0) is 31.2 Å². The molecule has 106 valence electrons. The number of hydrogen-bond donors (Lipinski definition) is 2. The molecule has 5 nitrogen and oxygen atoms in total. The highest BCUT2D eigenvalue weighted by molar-refractivity contribution is 7.99. The van der Waals surface area contributed by atoms with Crippen LogP contribution in [0.15, 0.2) is 9.95 Å². The lowest BCUT2D eigenvalue weighted by atomic mass is 10.2. The monoisotopic (exact) mass is 310 g/mol. The molecule has 0 aromatic carbocycles. The van der Waals surface area contributed by atoms with Crippen molar-refractivity contribution in [2.24, 2.45) is 0 Å². The molecule has 3 rings (SSSR count). The minimum absolute atomic E-state index is 0.0601. The quantitative estimate of drug-likeness (QED) is 0.503. The molecule has 7 heteroatoms. The Morgan fingerprint density at radius 2 is 2.30 bits per heavy atom. The molecule has 20 heavy (non-hydrogen) atoms. The Labute approximate surface area is 123 Å². The first kappa shape index (κ1) is 13.6. The molecule has 0 saturated heterocycles. The van der Waals surface area contributed by atoms with E-state index in [9.17, 15) is 9.59 Å². The molecule has 2 N–H and O–H groups in total. The average molecular weight is 310 g/mol. The number of rotatable bonds is 5. The van der Waals surface area contributed by atoms with Gasteiger partial charge in [0.2, 0.25) is 0 Å². The minimum atomic E-state index is -0.794. The van der Waals surface area contributed by atoms with Gasteiger partial charge < -0.3 is 10.1 Å². The van der Waals surface area contributed by atoms with Crippen LogP contribution in [0.3, 0.4) is 0 Å². The standard InChI is InChI=1S/C13H14N2O3S2/c16-9(17)5-2-6-19-13-14-11(18)10-7-3-1-4-8(7)20-12(10)15-13/h1-6H2,(H,16,17)(H,14,15,18). The fraction of sp³-hybridized carbons (Fsp3) is 0.462. The lowest BCUT2D eigenvalue weighted by molar-refractivity contribution is -0.137. The summed E-state index contributed by atoms with van der Waals surface area (Å²) < 4.78 is 0. The molecule has 2 aromatic heterocycles. The van der Waals surface area contributed by atoms with E-state index in [1.165, 1.54) is 22.2 Å². The maximum absolute atomic E-state index is 12.2. The maximum atomic E-state index is 12.2. The number of fused-ring (bicyclic) bond motifs is 3. The summed E-state index contributed by atoms with van der Waals surface area (Å²) in [7, 11) is 0. The largest absolute Gasteiger partial charge is 0.481 e. The number of carboxylic acids is 1. The van der Waals surface area contributed by atoms with Crippen LogP contribution in [-0.2, 0) is 17.6 Å². The van der Waals surface area contributed by atoms with Gasteiger partial charge in [0.15, 0.2) is 5.16 Å². The zero-order chi connectivity index (χ0) is 14.1. The van der Waals surface area contributed by atoms with Crippen molar-refractivity contribution in [2.75, 3.05) is 5.75 Å². The number of aromatic amines is 1. The summed E-state index contributed by atoms with van der Waals surface area (Å²) in [6.07, 6.45) is 3.87. The number of hydrogen-bond acceptors (Lipinski definition) is 5. The van der Waals surface area contributed by atoms with Crippen molar-refractivity contribution in [2.45, 2.75) is 37.3 Å². The van der Waals surface area contributed by atoms with Crippen LogP contribution in [0.2, 0.25) is 0 Å². The van der Waals surface area contributed by atoms with Gasteiger partial charge in [-0.1, -0.05) is 11.8 Å². The van der Waals surface area contributed by atoms with Crippen LogP contribution in [0.25, 0.3) is 10.2 Å². The molecule has 0 atom stereocenters. The van der Waals surface area contributed by atoms with E-state index in [4.69, 9.17) is 5.11 Å². The van der Waals surface area contributed by atoms with E-state index in [1.807, 2.05) is 0 Å². The van der Waals surface area contributed by atoms with Gasteiger partial charge in [0.25, 0.3) is 5.56 Å². The molecule has 0 bridgehead atoms. The molecule has 0 aliphatic heterocycles. The molecule has 0 spiro atoms. The van der Waals surface area contributed by atoms with E-state index < -0.39 is 5.97 Å². The van der Waals surface area contributed by atoms with Crippen molar-refractivity contribution in [1.29, 1.82) is 0 Å². The molecule has 2 heterocycles. The molecule has 2 aromatic rings. The summed E-state index contributed by atoms with van der Waals surface area (Å²) in [4.78, 5) is 32.0. The lowest BCUT2D eigenvalue weighted by Crippen LogP contribution is -2.09. The molecular weight excluding hydrogens is 296 g/mol. The third-order valence-electron chi connectivity index (χ3n) is 3.33. The summed E-state index contributed by atoms with van der Waals surface area (Å²) >= 11 is 3.03. The second-order valence-electron chi connectivity index (χ2n) is 4.75. The van der Waals surface area contributed by atoms with Crippen LogP contribution in [0.4, 0.5) is 0 Å². The van der Waals surface area contributed by atoms with Gasteiger partial charge >= 0.3 is 5.97 Å². The number of carbonyl (C=O) groups is 1. The van der Waals surface area contributed by atoms with Crippen LogP contribution in [0.1, 0.15) is 29.7 Å². The zero-order valence-electron chi connectivity index (χ0n) is 10.8. The topological polar surface area (TPSA) is 83.0 Å². The predicted molar refractivity (Wildman–Crippen MR) is 79.9 cm³/mol. The second kappa shape index (κ2) is 5.57. The Morgan fingerprint density at radius 1 is 1.45 bits per heavy atom. The summed E-state index contributed by atoms with van der Waals surface area (Å²) in [6.45, 7) is 0. The van der Waals surface area contributed by atoms with E-state index in [-0.39, 0.29) is 12.0 Å². The van der Waals surface area contributed by atoms with E-state index in [1.54, 1.807) is 11.3 Å². The molecule has 1 aliphatic carbocycles. The number of carboxylic acid groups (broad SMARTS) is 1. The van der Waals surface area contributed by atoms with E-state index in [2.05, 4.69) is 9.97 Å². The summed E-state index contributed by atoms with van der Waals surface area (Å²) in [5.41, 5.74) is 1.12. The SMILES string of the molecule is O=C(O)CCCSc1nc2sc3c(c2c(=O)[nH]1)CCC3. The Kier molecular flexibility index (Phi) is 3.80. The molecule has 0 amide bonds. The van der Waals surface area contributed by atoms with Crippen molar-refractivity contribution in [3.05, 3.63) is 20.8 Å². The Balaban J connectivity index is 1.80. The van der Waals surface area contributed by atoms with Crippen LogP contribution >= 0.6 is 23.1 Å². The van der Waals surface area contributed by atoms with E-state index in [0.29, 0.717) is 17.3 Å². The molecule has 0 fully saturated rings.